The van der Waals surface area contributed by atoms with Gasteiger partial charge >= 0.3 is 6.03 Å². The number of anilines is 1. The quantitative estimate of drug-likeness (QED) is 0.709. The number of nitrogens with one attached hydrogen (secondary N) is 1. The lowest BCUT2D eigenvalue weighted by Gasteiger charge is -2.33. The fraction of sp³-hybridized carbons (Fsp3) is 0.417. The van der Waals surface area contributed by atoms with Gasteiger partial charge in [-0.05, 0) is 67.1 Å². The molecule has 1 aromatic rings. The van der Waals surface area contributed by atoms with Gasteiger partial charge in [0.25, 0.3) is 0 Å². The second kappa shape index (κ2) is 10.4. The number of halogens is 1. The van der Waals surface area contributed by atoms with Crippen LogP contribution in [0.3, 0.4) is 0 Å². The Morgan fingerprint density at radius 2 is 2.13 bits per heavy atom. The molecule has 7 heteroatoms. The molecule has 2 heterocycles. The minimum Gasteiger partial charge on any atom is -0.351 e. The SMILES string of the molecule is CCC(C)C(=O)N1C=CC=C([C@@H]2CCCN(Cc3ccc(NC(N)=O)c(F)c3)C2)C=C1. The van der Waals surface area contributed by atoms with Gasteiger partial charge in [0, 0.05) is 31.4 Å². The van der Waals surface area contributed by atoms with Gasteiger partial charge in [-0.2, -0.15) is 0 Å². The van der Waals surface area contributed by atoms with Gasteiger partial charge in [-0.1, -0.05) is 26.0 Å². The van der Waals surface area contributed by atoms with Crippen molar-refractivity contribution >= 4 is 17.6 Å². The van der Waals surface area contributed by atoms with Gasteiger partial charge in [0.2, 0.25) is 5.91 Å². The summed E-state index contributed by atoms with van der Waals surface area (Å²) in [6.07, 6.45) is 12.7. The predicted octanol–water partition coefficient (Wildman–Crippen LogP) is 4.37. The Kier molecular flexibility index (Phi) is 7.63. The zero-order chi connectivity index (χ0) is 22.4. The summed E-state index contributed by atoms with van der Waals surface area (Å²) in [6.45, 7) is 6.41. The van der Waals surface area contributed by atoms with Crippen LogP contribution in [0.1, 0.15) is 38.7 Å². The topological polar surface area (TPSA) is 78.7 Å². The Labute approximate surface area is 183 Å². The summed E-state index contributed by atoms with van der Waals surface area (Å²) < 4.78 is 14.2. The molecule has 1 fully saturated rings. The third-order valence-corrected chi connectivity index (χ3v) is 5.93. The molecule has 0 spiro atoms. The fourth-order valence-electron chi connectivity index (χ4n) is 3.99. The standard InChI is InChI=1S/C24H31FN4O2/c1-3-17(2)23(30)29-12-5-6-19(10-13-29)20-7-4-11-28(16-20)15-18-8-9-22(21(25)14-18)27-24(26)31/h5-6,8-10,12-14,17,20H,3-4,7,11,15-16H2,1-2H3,(H3,26,27,31)/t17?,20-/m1/s1. The highest BCUT2D eigenvalue weighted by atomic mass is 19.1. The molecule has 0 saturated carbocycles. The second-order valence-corrected chi connectivity index (χ2v) is 8.26. The van der Waals surface area contributed by atoms with E-state index in [0.29, 0.717) is 12.5 Å². The second-order valence-electron chi connectivity index (χ2n) is 8.26. The number of rotatable bonds is 6. The van der Waals surface area contributed by atoms with Crippen LogP contribution in [-0.2, 0) is 11.3 Å². The number of nitrogens with two attached hydrogens (primary N) is 1. The lowest BCUT2D eigenvalue weighted by molar-refractivity contribution is -0.130. The van der Waals surface area contributed by atoms with E-state index < -0.39 is 11.8 Å². The Morgan fingerprint density at radius 3 is 2.84 bits per heavy atom. The van der Waals surface area contributed by atoms with Gasteiger partial charge in [0.1, 0.15) is 5.82 Å². The number of carbonyl (C=O) groups excluding carboxylic acids is 2. The number of carbonyl (C=O) groups is 2. The molecule has 2 aliphatic heterocycles. The van der Waals surface area contributed by atoms with Gasteiger partial charge in [-0.15, -0.1) is 0 Å². The van der Waals surface area contributed by atoms with Crippen molar-refractivity contribution in [3.63, 3.8) is 0 Å². The first-order chi connectivity index (χ1) is 14.9. The summed E-state index contributed by atoms with van der Waals surface area (Å²) in [6, 6.07) is 4.01. The Bertz CT molecular complexity index is 909. The molecule has 166 valence electrons. The third kappa shape index (κ3) is 6.04. The highest BCUT2D eigenvalue weighted by molar-refractivity contribution is 5.87. The summed E-state index contributed by atoms with van der Waals surface area (Å²) in [7, 11) is 0. The van der Waals surface area contributed by atoms with Crippen molar-refractivity contribution in [3.05, 3.63) is 65.8 Å². The highest BCUT2D eigenvalue weighted by Crippen LogP contribution is 2.27. The number of primary amides is 1. The van der Waals surface area contributed by atoms with Crippen LogP contribution in [0.4, 0.5) is 14.9 Å². The van der Waals surface area contributed by atoms with Crippen LogP contribution < -0.4 is 11.1 Å². The van der Waals surface area contributed by atoms with E-state index in [9.17, 15) is 14.0 Å². The maximum atomic E-state index is 14.2. The van der Waals surface area contributed by atoms with Crippen molar-refractivity contribution in [3.8, 4) is 0 Å². The van der Waals surface area contributed by atoms with Crippen LogP contribution >= 0.6 is 0 Å². The van der Waals surface area contributed by atoms with Crippen LogP contribution in [0.25, 0.3) is 0 Å². The molecule has 0 aliphatic carbocycles. The third-order valence-electron chi connectivity index (χ3n) is 5.93. The molecule has 2 atom stereocenters. The molecule has 31 heavy (non-hydrogen) atoms. The predicted molar refractivity (Wildman–Crippen MR) is 120 cm³/mol. The maximum Gasteiger partial charge on any atom is 0.316 e. The summed E-state index contributed by atoms with van der Waals surface area (Å²) >= 11 is 0. The summed E-state index contributed by atoms with van der Waals surface area (Å²) in [4.78, 5) is 27.4. The largest absolute Gasteiger partial charge is 0.351 e. The molecular weight excluding hydrogens is 395 g/mol. The van der Waals surface area contributed by atoms with Crippen molar-refractivity contribution in [2.75, 3.05) is 18.4 Å². The molecule has 2 aliphatic rings. The summed E-state index contributed by atoms with van der Waals surface area (Å²) in [5.74, 6) is -0.0402. The van der Waals surface area contributed by atoms with Crippen LogP contribution in [0.15, 0.2) is 54.4 Å². The molecule has 6 nitrogen and oxygen atoms in total. The number of nitrogens with zero attached hydrogens (tertiary/aromatic N) is 2. The Morgan fingerprint density at radius 1 is 1.32 bits per heavy atom. The van der Waals surface area contributed by atoms with Crippen molar-refractivity contribution in [2.24, 2.45) is 17.6 Å². The van der Waals surface area contributed by atoms with Gasteiger partial charge in [0.05, 0.1) is 5.69 Å². The average molecular weight is 427 g/mol. The Hall–Kier alpha value is -2.93. The number of amides is 3. The highest BCUT2D eigenvalue weighted by Gasteiger charge is 2.23. The molecule has 3 rings (SSSR count). The smallest absolute Gasteiger partial charge is 0.316 e. The average Bonchev–Trinajstić information content (AvgIpc) is 3.01. The number of piperidine rings is 1. The van der Waals surface area contributed by atoms with E-state index >= 15 is 0 Å². The first-order valence-corrected chi connectivity index (χ1v) is 10.8. The maximum absolute atomic E-state index is 14.2. The number of benzene rings is 1. The number of allylic oxidation sites excluding steroid dienone is 3. The minimum absolute atomic E-state index is 0.00835. The van der Waals surface area contributed by atoms with E-state index in [0.717, 1.165) is 37.9 Å². The molecule has 0 radical (unpaired) electrons. The first kappa shape index (κ1) is 22.7. The van der Waals surface area contributed by atoms with E-state index in [4.69, 9.17) is 5.73 Å². The lowest BCUT2D eigenvalue weighted by Crippen LogP contribution is -2.35. The molecular formula is C24H31FN4O2. The van der Waals surface area contributed by atoms with Crippen molar-refractivity contribution in [1.29, 1.82) is 0 Å². The minimum atomic E-state index is -0.784. The zero-order valence-corrected chi connectivity index (χ0v) is 18.2. The molecule has 1 unspecified atom stereocenters. The lowest BCUT2D eigenvalue weighted by atomic mass is 9.89. The van der Waals surface area contributed by atoms with E-state index in [-0.39, 0.29) is 17.5 Å². The zero-order valence-electron chi connectivity index (χ0n) is 18.2. The van der Waals surface area contributed by atoms with E-state index in [2.05, 4.69) is 16.3 Å². The van der Waals surface area contributed by atoms with Gasteiger partial charge in [-0.25, -0.2) is 9.18 Å². The van der Waals surface area contributed by atoms with Crippen molar-refractivity contribution in [1.82, 2.24) is 9.80 Å². The Balaban J connectivity index is 1.62. The number of hydrogen-bond acceptors (Lipinski definition) is 3. The molecule has 3 amide bonds. The summed E-state index contributed by atoms with van der Waals surface area (Å²) in [5, 5.41) is 2.28. The van der Waals surface area contributed by atoms with E-state index in [1.165, 1.54) is 11.6 Å². The van der Waals surface area contributed by atoms with Crippen molar-refractivity contribution < 1.29 is 14.0 Å². The van der Waals surface area contributed by atoms with Gasteiger partial charge in [-0.3, -0.25) is 14.6 Å². The van der Waals surface area contributed by atoms with Crippen molar-refractivity contribution in [2.45, 2.75) is 39.7 Å². The van der Waals surface area contributed by atoms with Crippen LogP contribution in [0.5, 0.6) is 0 Å². The number of hydrogen-bond donors (Lipinski definition) is 2. The fourth-order valence-corrected chi connectivity index (χ4v) is 3.99. The molecule has 1 saturated heterocycles. The summed E-state index contributed by atoms with van der Waals surface area (Å²) in [5.41, 5.74) is 7.20. The van der Waals surface area contributed by atoms with Crippen LogP contribution in [0.2, 0.25) is 0 Å². The number of likely N-dealkylation sites (tertiary alicyclic amines) is 1. The van der Waals surface area contributed by atoms with Crippen LogP contribution in [0, 0.1) is 17.7 Å². The molecule has 1 aromatic carbocycles. The monoisotopic (exact) mass is 426 g/mol. The first-order valence-electron chi connectivity index (χ1n) is 10.8. The molecule has 3 N–H and O–H groups in total. The van der Waals surface area contributed by atoms with Gasteiger partial charge in [0.15, 0.2) is 0 Å². The van der Waals surface area contributed by atoms with E-state index in [1.807, 2.05) is 44.5 Å². The van der Waals surface area contributed by atoms with E-state index in [1.54, 1.807) is 11.0 Å². The normalized spacial score (nSPS) is 20.2. The van der Waals surface area contributed by atoms with Crippen LogP contribution in [-0.4, -0.2) is 34.8 Å². The molecule has 0 aromatic heterocycles. The van der Waals surface area contributed by atoms with Gasteiger partial charge < -0.3 is 11.1 Å². The number of urea groups is 1. The molecule has 0 bridgehead atoms.